The number of alkyl halides is 3. The first-order chi connectivity index (χ1) is 16.1. The van der Waals surface area contributed by atoms with Crippen LogP contribution in [0, 0.1) is 30.1 Å². The molecule has 4 rings (SSSR count). The number of anilines is 2. The minimum absolute atomic E-state index is 0.115. The number of hydrogen-bond donors (Lipinski definition) is 3. The molecule has 2 amide bonds. The van der Waals surface area contributed by atoms with Gasteiger partial charge >= 0.3 is 6.18 Å². The van der Waals surface area contributed by atoms with E-state index >= 15 is 0 Å². The van der Waals surface area contributed by atoms with Crippen molar-refractivity contribution in [2.24, 2.45) is 11.8 Å². The molecule has 2 aromatic carbocycles. The van der Waals surface area contributed by atoms with Crippen LogP contribution in [0.15, 0.2) is 42.6 Å². The maximum atomic E-state index is 12.4. The number of aromatic nitrogens is 1. The Balaban J connectivity index is 1.59. The van der Waals surface area contributed by atoms with Crippen LogP contribution in [0.4, 0.5) is 24.7 Å². The second-order valence-corrected chi connectivity index (χ2v) is 8.25. The van der Waals surface area contributed by atoms with Crippen LogP contribution in [-0.2, 0) is 4.79 Å². The monoisotopic (exact) mass is 467 g/mol. The minimum atomic E-state index is -4.49. The van der Waals surface area contributed by atoms with Crippen LogP contribution in [0.5, 0.6) is 0 Å². The summed E-state index contributed by atoms with van der Waals surface area (Å²) in [5.41, 5.74) is 8.95. The van der Waals surface area contributed by atoms with Gasteiger partial charge in [0.15, 0.2) is 0 Å². The van der Waals surface area contributed by atoms with E-state index < -0.39 is 18.6 Å². The third kappa shape index (κ3) is 4.93. The molecule has 2 atom stereocenters. The summed E-state index contributed by atoms with van der Waals surface area (Å²) < 4.78 is 37.1. The Bertz CT molecular complexity index is 1350. The van der Waals surface area contributed by atoms with Crippen molar-refractivity contribution < 1.29 is 22.8 Å². The summed E-state index contributed by atoms with van der Waals surface area (Å²) in [7, 11) is 0. The zero-order chi connectivity index (χ0) is 24.6. The summed E-state index contributed by atoms with van der Waals surface area (Å²) in [5, 5.41) is 14.9. The van der Waals surface area contributed by atoms with Gasteiger partial charge in [0, 0.05) is 22.8 Å². The first-order valence-electron chi connectivity index (χ1n) is 10.4. The highest BCUT2D eigenvalue weighted by atomic mass is 19.4. The van der Waals surface area contributed by atoms with Crippen LogP contribution in [0.2, 0.25) is 0 Å². The average Bonchev–Trinajstić information content (AvgIpc) is 3.57. The van der Waals surface area contributed by atoms with E-state index in [4.69, 9.17) is 11.0 Å². The van der Waals surface area contributed by atoms with Gasteiger partial charge in [0.05, 0.1) is 17.9 Å². The van der Waals surface area contributed by atoms with Crippen molar-refractivity contribution in [3.05, 3.63) is 53.7 Å². The van der Waals surface area contributed by atoms with E-state index in [2.05, 4.69) is 16.4 Å². The van der Waals surface area contributed by atoms with E-state index in [0.29, 0.717) is 28.9 Å². The fourth-order valence-electron chi connectivity index (χ4n) is 3.77. The third-order valence-corrected chi connectivity index (χ3v) is 5.66. The van der Waals surface area contributed by atoms with Gasteiger partial charge in [-0.05, 0) is 65.8 Å². The number of nitrogens with one attached hydrogen (secondary N) is 2. The lowest BCUT2D eigenvalue weighted by molar-refractivity contribution is -0.123. The fourth-order valence-corrected chi connectivity index (χ4v) is 3.77. The molecule has 4 N–H and O–H groups in total. The standard InChI is InChI=1S/C24H20F3N5O2/c1-12-4-13(22(33)31-11-24(25,26)27)2-3-17(12)14-5-15-8-21(30-10-19(15)20(29)7-14)32-23(34)18-6-16(18)9-28/h2-5,7-8,10,16,18H,6,11,29H2,1H3,(H,31,33)(H,30,32,34)/t16-,18+/m0/s1. The van der Waals surface area contributed by atoms with Crippen molar-refractivity contribution in [2.45, 2.75) is 19.5 Å². The van der Waals surface area contributed by atoms with Crippen LogP contribution in [-0.4, -0.2) is 29.5 Å². The average molecular weight is 467 g/mol. The summed E-state index contributed by atoms with van der Waals surface area (Å²) in [6, 6.07) is 12.0. The van der Waals surface area contributed by atoms with Gasteiger partial charge in [0.2, 0.25) is 5.91 Å². The number of rotatable bonds is 5. The normalized spacial score (nSPS) is 17.1. The van der Waals surface area contributed by atoms with Crippen molar-refractivity contribution in [2.75, 3.05) is 17.6 Å². The molecule has 1 heterocycles. The number of benzene rings is 2. The van der Waals surface area contributed by atoms with E-state index in [0.717, 1.165) is 16.5 Å². The molecule has 1 aromatic heterocycles. The number of fused-ring (bicyclic) bond motifs is 1. The zero-order valence-corrected chi connectivity index (χ0v) is 18.0. The molecular weight excluding hydrogens is 447 g/mol. The third-order valence-electron chi connectivity index (χ3n) is 5.66. The molecule has 174 valence electrons. The lowest BCUT2D eigenvalue weighted by Gasteiger charge is -2.13. The van der Waals surface area contributed by atoms with Gasteiger partial charge in [-0.1, -0.05) is 6.07 Å². The minimum Gasteiger partial charge on any atom is -0.398 e. The number of hydrogen-bond acceptors (Lipinski definition) is 5. The number of aryl methyl sites for hydroxylation is 1. The zero-order valence-electron chi connectivity index (χ0n) is 18.0. The van der Waals surface area contributed by atoms with Gasteiger partial charge in [0.25, 0.3) is 5.91 Å². The molecule has 1 fully saturated rings. The number of nitrogens with zero attached hydrogens (tertiary/aromatic N) is 2. The Morgan fingerprint density at radius 3 is 2.65 bits per heavy atom. The maximum absolute atomic E-state index is 12.4. The van der Waals surface area contributed by atoms with Crippen LogP contribution < -0.4 is 16.4 Å². The highest BCUT2D eigenvalue weighted by molar-refractivity contribution is 6.01. The fraction of sp³-hybridized carbons (Fsp3) is 0.250. The van der Waals surface area contributed by atoms with Crippen LogP contribution >= 0.6 is 0 Å². The van der Waals surface area contributed by atoms with Gasteiger partial charge in [-0.2, -0.15) is 18.4 Å². The predicted octanol–water partition coefficient (Wildman–Crippen LogP) is 4.18. The summed E-state index contributed by atoms with van der Waals surface area (Å²) in [6.45, 7) is 0.342. The molecule has 1 aliphatic carbocycles. The first-order valence-corrected chi connectivity index (χ1v) is 10.4. The second kappa shape index (κ2) is 8.67. The summed E-state index contributed by atoms with van der Waals surface area (Å²) >= 11 is 0. The maximum Gasteiger partial charge on any atom is 0.405 e. The largest absolute Gasteiger partial charge is 0.405 e. The van der Waals surface area contributed by atoms with Crippen LogP contribution in [0.1, 0.15) is 22.3 Å². The van der Waals surface area contributed by atoms with Crippen molar-refractivity contribution in [1.82, 2.24) is 10.3 Å². The SMILES string of the molecule is Cc1cc(C(=O)NCC(F)(F)F)ccc1-c1cc(N)c2cnc(NC(=O)[C@@H]3C[C@H]3C#N)cc2c1. The van der Waals surface area contributed by atoms with E-state index in [-0.39, 0.29) is 23.3 Å². The molecule has 0 spiro atoms. The van der Waals surface area contributed by atoms with Crippen molar-refractivity contribution in [3.63, 3.8) is 0 Å². The van der Waals surface area contributed by atoms with Gasteiger partial charge in [-0.25, -0.2) is 4.98 Å². The molecule has 0 aliphatic heterocycles. The Morgan fingerprint density at radius 2 is 2.00 bits per heavy atom. The van der Waals surface area contributed by atoms with Crippen molar-refractivity contribution in [1.29, 1.82) is 5.26 Å². The molecular formula is C24H20F3N5O2. The Labute approximate surface area is 192 Å². The number of nitriles is 1. The predicted molar refractivity (Wildman–Crippen MR) is 121 cm³/mol. The number of nitrogens with two attached hydrogens (primary N) is 1. The molecule has 0 unspecified atom stereocenters. The molecule has 10 heteroatoms. The van der Waals surface area contributed by atoms with Crippen LogP contribution in [0.3, 0.4) is 0 Å². The Hall–Kier alpha value is -4.13. The number of carbonyl (C=O) groups is 2. The smallest absolute Gasteiger partial charge is 0.398 e. The van der Waals surface area contributed by atoms with E-state index in [9.17, 15) is 22.8 Å². The van der Waals surface area contributed by atoms with Crippen LogP contribution in [0.25, 0.3) is 21.9 Å². The number of nitrogen functional groups attached to an aromatic ring is 1. The van der Waals surface area contributed by atoms with Gasteiger partial charge in [0.1, 0.15) is 12.4 Å². The quantitative estimate of drug-likeness (QED) is 0.486. The highest BCUT2D eigenvalue weighted by Crippen LogP contribution is 2.38. The Morgan fingerprint density at radius 1 is 1.24 bits per heavy atom. The van der Waals surface area contributed by atoms with E-state index in [1.165, 1.54) is 12.1 Å². The molecule has 7 nitrogen and oxygen atoms in total. The highest BCUT2D eigenvalue weighted by Gasteiger charge is 2.43. The lowest BCUT2D eigenvalue weighted by atomic mass is 9.95. The topological polar surface area (TPSA) is 121 Å². The second-order valence-electron chi connectivity index (χ2n) is 8.25. The molecule has 0 radical (unpaired) electrons. The molecule has 1 aliphatic rings. The van der Waals surface area contributed by atoms with E-state index in [1.807, 2.05) is 11.4 Å². The summed E-state index contributed by atoms with van der Waals surface area (Å²) in [6.07, 6.45) is -2.40. The van der Waals surface area contributed by atoms with E-state index in [1.54, 1.807) is 31.3 Å². The number of halogens is 3. The van der Waals surface area contributed by atoms with Gasteiger partial charge in [-0.3, -0.25) is 9.59 Å². The van der Waals surface area contributed by atoms with Crippen molar-refractivity contribution >= 4 is 34.1 Å². The molecule has 1 saturated carbocycles. The molecule has 0 bridgehead atoms. The summed E-state index contributed by atoms with van der Waals surface area (Å²) in [4.78, 5) is 28.5. The summed E-state index contributed by atoms with van der Waals surface area (Å²) in [5.74, 6) is -1.31. The number of pyridine rings is 1. The number of amides is 2. The van der Waals surface area contributed by atoms with Gasteiger partial charge < -0.3 is 16.4 Å². The van der Waals surface area contributed by atoms with Gasteiger partial charge in [-0.15, -0.1) is 0 Å². The Kier molecular flexibility index (Phi) is 5.87. The number of carbonyl (C=O) groups excluding carboxylic acids is 2. The molecule has 0 saturated heterocycles. The molecule has 34 heavy (non-hydrogen) atoms. The molecule has 3 aromatic rings. The lowest BCUT2D eigenvalue weighted by Crippen LogP contribution is -2.33. The van der Waals surface area contributed by atoms with Crippen molar-refractivity contribution in [3.8, 4) is 17.2 Å². The first kappa shape index (κ1) is 23.0.